The molecule has 2 aromatic rings. The molecule has 0 radical (unpaired) electrons. The van der Waals surface area contributed by atoms with Crippen LogP contribution < -0.4 is 0 Å². The number of rotatable bonds is 2. The van der Waals surface area contributed by atoms with E-state index in [1.165, 1.54) is 36.9 Å². The van der Waals surface area contributed by atoms with E-state index in [2.05, 4.69) is 0 Å². The minimum atomic E-state index is 0.135. The first-order valence-corrected chi connectivity index (χ1v) is 9.78. The summed E-state index contributed by atoms with van der Waals surface area (Å²) >= 11 is 6.05. The number of hydrogen-bond acceptors (Lipinski definition) is 2. The van der Waals surface area contributed by atoms with Gasteiger partial charge in [0.15, 0.2) is 5.69 Å². The fourth-order valence-electron chi connectivity index (χ4n) is 4.91. The predicted octanol–water partition coefficient (Wildman–Crippen LogP) is 4.52. The van der Waals surface area contributed by atoms with Crippen LogP contribution >= 0.6 is 11.6 Å². The van der Waals surface area contributed by atoms with Crippen molar-refractivity contribution in [3.63, 3.8) is 0 Å². The highest BCUT2D eigenvalue weighted by atomic mass is 35.5. The molecule has 1 aromatic carbocycles. The Morgan fingerprint density at radius 1 is 1.04 bits per heavy atom. The quantitative estimate of drug-likeness (QED) is 0.794. The normalized spacial score (nSPS) is 24.6. The van der Waals surface area contributed by atoms with Crippen LogP contribution in [0.1, 0.15) is 72.1 Å². The van der Waals surface area contributed by atoms with Crippen molar-refractivity contribution >= 4 is 17.5 Å². The van der Waals surface area contributed by atoms with E-state index in [1.807, 2.05) is 33.8 Å². The maximum atomic E-state index is 13.2. The number of likely N-dealkylation sites (tertiary alicyclic amines) is 1. The summed E-state index contributed by atoms with van der Waals surface area (Å²) in [7, 11) is 0. The van der Waals surface area contributed by atoms with Gasteiger partial charge in [0.25, 0.3) is 5.91 Å². The van der Waals surface area contributed by atoms with Crippen molar-refractivity contribution in [3.05, 3.63) is 46.2 Å². The summed E-state index contributed by atoms with van der Waals surface area (Å²) in [6.45, 7) is 1.74. The number of piperidine rings is 1. The molecule has 1 saturated carbocycles. The van der Waals surface area contributed by atoms with Gasteiger partial charge in [-0.1, -0.05) is 11.6 Å². The first-order chi connectivity index (χ1) is 12.2. The van der Waals surface area contributed by atoms with Crippen LogP contribution in [0, 0.1) is 0 Å². The third-order valence-electron chi connectivity index (χ3n) is 6.10. The van der Waals surface area contributed by atoms with Crippen LogP contribution in [0.25, 0.3) is 5.69 Å². The topological polar surface area (TPSA) is 38.1 Å². The SMILES string of the molecule is O=C(c1nn(-c2ccc(Cl)cc2)c2c1C1CCC2C1)N1CCCCC1. The molecule has 4 nitrogen and oxygen atoms in total. The molecule has 130 valence electrons. The fourth-order valence-corrected chi connectivity index (χ4v) is 5.04. The van der Waals surface area contributed by atoms with Crippen molar-refractivity contribution in [2.24, 2.45) is 0 Å². The largest absolute Gasteiger partial charge is 0.337 e. The van der Waals surface area contributed by atoms with E-state index in [0.717, 1.165) is 36.6 Å². The van der Waals surface area contributed by atoms with Crippen LogP contribution in [0.5, 0.6) is 0 Å². The van der Waals surface area contributed by atoms with E-state index < -0.39 is 0 Å². The van der Waals surface area contributed by atoms with E-state index in [0.29, 0.717) is 17.5 Å². The van der Waals surface area contributed by atoms with Crippen LogP contribution in [0.2, 0.25) is 5.02 Å². The maximum Gasteiger partial charge on any atom is 0.274 e. The van der Waals surface area contributed by atoms with Gasteiger partial charge in [-0.2, -0.15) is 5.10 Å². The van der Waals surface area contributed by atoms with Crippen molar-refractivity contribution < 1.29 is 4.79 Å². The van der Waals surface area contributed by atoms with Gasteiger partial charge in [-0.3, -0.25) is 4.79 Å². The van der Waals surface area contributed by atoms with Crippen molar-refractivity contribution in [2.75, 3.05) is 13.1 Å². The number of aromatic nitrogens is 2. The Hall–Kier alpha value is -1.81. The summed E-state index contributed by atoms with van der Waals surface area (Å²) in [6, 6.07) is 7.78. The first-order valence-electron chi connectivity index (χ1n) is 9.40. The molecule has 25 heavy (non-hydrogen) atoms. The van der Waals surface area contributed by atoms with Crippen molar-refractivity contribution in [2.45, 2.75) is 50.4 Å². The van der Waals surface area contributed by atoms with Gasteiger partial charge in [0.05, 0.1) is 11.4 Å². The van der Waals surface area contributed by atoms with E-state index in [-0.39, 0.29) is 5.91 Å². The number of fused-ring (bicyclic) bond motifs is 5. The molecule has 3 aliphatic rings. The van der Waals surface area contributed by atoms with Crippen LogP contribution in [-0.4, -0.2) is 33.7 Å². The molecule has 2 unspecified atom stereocenters. The lowest BCUT2D eigenvalue weighted by atomic mass is 9.94. The minimum absolute atomic E-state index is 0.135. The third kappa shape index (κ3) is 2.42. The highest BCUT2D eigenvalue weighted by Gasteiger charge is 2.44. The van der Waals surface area contributed by atoms with E-state index in [4.69, 9.17) is 16.7 Å². The molecule has 5 rings (SSSR count). The minimum Gasteiger partial charge on any atom is -0.337 e. The molecule has 2 aliphatic carbocycles. The summed E-state index contributed by atoms with van der Waals surface area (Å²) in [5.74, 6) is 1.20. The zero-order valence-electron chi connectivity index (χ0n) is 14.2. The van der Waals surface area contributed by atoms with Gasteiger partial charge in [0.2, 0.25) is 0 Å². The lowest BCUT2D eigenvalue weighted by Crippen LogP contribution is -2.36. The molecule has 1 amide bonds. The molecular weight excluding hydrogens is 334 g/mol. The zero-order chi connectivity index (χ0) is 17.0. The Kier molecular flexibility index (Phi) is 3.63. The second-order valence-electron chi connectivity index (χ2n) is 7.60. The van der Waals surface area contributed by atoms with Gasteiger partial charge in [-0.05, 0) is 68.7 Å². The molecule has 5 heteroatoms. The summed E-state index contributed by atoms with van der Waals surface area (Å²) in [4.78, 5) is 15.2. The van der Waals surface area contributed by atoms with Crippen LogP contribution in [0.4, 0.5) is 0 Å². The Morgan fingerprint density at radius 2 is 1.76 bits per heavy atom. The predicted molar refractivity (Wildman–Crippen MR) is 97.7 cm³/mol. The molecule has 1 saturated heterocycles. The Balaban J connectivity index is 1.60. The monoisotopic (exact) mass is 355 g/mol. The fraction of sp³-hybridized carbons (Fsp3) is 0.500. The van der Waals surface area contributed by atoms with Gasteiger partial charge in [-0.15, -0.1) is 0 Å². The maximum absolute atomic E-state index is 13.2. The molecule has 0 spiro atoms. The summed E-state index contributed by atoms with van der Waals surface area (Å²) in [5, 5.41) is 5.55. The highest BCUT2D eigenvalue weighted by Crippen LogP contribution is 2.54. The van der Waals surface area contributed by atoms with Gasteiger partial charge in [-0.25, -0.2) is 4.68 Å². The number of carbonyl (C=O) groups is 1. The molecule has 2 atom stereocenters. The molecule has 2 fully saturated rings. The summed E-state index contributed by atoms with van der Waals surface area (Å²) in [5.41, 5.74) is 4.23. The number of hydrogen-bond donors (Lipinski definition) is 0. The second-order valence-corrected chi connectivity index (χ2v) is 8.03. The van der Waals surface area contributed by atoms with E-state index >= 15 is 0 Å². The smallest absolute Gasteiger partial charge is 0.274 e. The molecular formula is C20H22ClN3O. The number of amides is 1. The molecule has 1 aromatic heterocycles. The lowest BCUT2D eigenvalue weighted by Gasteiger charge is -2.26. The Morgan fingerprint density at radius 3 is 2.52 bits per heavy atom. The number of halogens is 1. The number of nitrogens with zero attached hydrogens (tertiary/aromatic N) is 3. The Bertz CT molecular complexity index is 820. The van der Waals surface area contributed by atoms with Gasteiger partial charge < -0.3 is 4.90 Å². The first kappa shape index (κ1) is 15.4. The molecule has 0 N–H and O–H groups in total. The van der Waals surface area contributed by atoms with Crippen LogP contribution in [-0.2, 0) is 0 Å². The third-order valence-corrected chi connectivity index (χ3v) is 6.36. The van der Waals surface area contributed by atoms with Crippen LogP contribution in [0.3, 0.4) is 0 Å². The highest BCUT2D eigenvalue weighted by molar-refractivity contribution is 6.30. The van der Waals surface area contributed by atoms with Crippen molar-refractivity contribution in [1.29, 1.82) is 0 Å². The van der Waals surface area contributed by atoms with Gasteiger partial charge in [0, 0.05) is 29.6 Å². The zero-order valence-corrected chi connectivity index (χ0v) is 15.0. The number of benzene rings is 1. The second kappa shape index (κ2) is 5.87. The van der Waals surface area contributed by atoms with Crippen LogP contribution in [0.15, 0.2) is 24.3 Å². The van der Waals surface area contributed by atoms with E-state index in [1.54, 1.807) is 0 Å². The molecule has 1 aliphatic heterocycles. The average molecular weight is 356 g/mol. The molecule has 2 heterocycles. The Labute approximate surface area is 152 Å². The average Bonchev–Trinajstić information content (AvgIpc) is 3.35. The van der Waals surface area contributed by atoms with E-state index in [9.17, 15) is 4.79 Å². The van der Waals surface area contributed by atoms with Crippen molar-refractivity contribution in [1.82, 2.24) is 14.7 Å². The van der Waals surface area contributed by atoms with Gasteiger partial charge in [0.1, 0.15) is 0 Å². The van der Waals surface area contributed by atoms with Crippen molar-refractivity contribution in [3.8, 4) is 5.69 Å². The summed E-state index contributed by atoms with van der Waals surface area (Å²) < 4.78 is 2.02. The van der Waals surface area contributed by atoms with Gasteiger partial charge >= 0.3 is 0 Å². The standard InChI is InChI=1S/C20H22ClN3O/c21-15-6-8-16(9-7-15)24-19-14-5-4-13(12-14)17(19)18(22-24)20(25)23-10-2-1-3-11-23/h6-9,13-14H,1-5,10-12H2. The lowest BCUT2D eigenvalue weighted by molar-refractivity contribution is 0.0716. The number of carbonyl (C=O) groups excluding carboxylic acids is 1. The molecule has 2 bridgehead atoms. The summed E-state index contributed by atoms with van der Waals surface area (Å²) in [6.07, 6.45) is 7.04.